The molecule has 4 heteroatoms. The lowest BCUT2D eigenvalue weighted by molar-refractivity contribution is 0.501. The highest BCUT2D eigenvalue weighted by atomic mass is 32.2. The van der Waals surface area contributed by atoms with Gasteiger partial charge < -0.3 is 5.32 Å². The first-order chi connectivity index (χ1) is 7.00. The van der Waals surface area contributed by atoms with Crippen molar-refractivity contribution in [3.63, 3.8) is 0 Å². The topological polar surface area (TPSA) is 46.2 Å². The van der Waals surface area contributed by atoms with Gasteiger partial charge in [0.05, 0.1) is 10.5 Å². The second-order valence-corrected chi connectivity index (χ2v) is 7.39. The minimum atomic E-state index is -2.92. The van der Waals surface area contributed by atoms with Crippen LogP contribution in [0, 0.1) is 0 Å². The average Bonchev–Trinajstić information content (AvgIpc) is 2.62. The molecule has 15 heavy (non-hydrogen) atoms. The van der Waals surface area contributed by atoms with E-state index in [-0.39, 0.29) is 16.5 Å². The summed E-state index contributed by atoms with van der Waals surface area (Å²) in [4.78, 5) is 0. The van der Waals surface area contributed by atoms with Crippen LogP contribution in [0.4, 0.5) is 0 Å². The molecule has 1 fully saturated rings. The van der Waals surface area contributed by atoms with Crippen molar-refractivity contribution >= 4 is 9.84 Å². The Bertz CT molecular complexity index is 285. The van der Waals surface area contributed by atoms with Crippen LogP contribution in [-0.2, 0) is 9.84 Å². The Labute approximate surface area is 93.6 Å². The van der Waals surface area contributed by atoms with E-state index in [0.29, 0.717) is 0 Å². The van der Waals surface area contributed by atoms with E-state index in [1.165, 1.54) is 0 Å². The van der Waals surface area contributed by atoms with Crippen LogP contribution in [0.25, 0.3) is 0 Å². The molecule has 0 saturated heterocycles. The molecule has 2 atom stereocenters. The third kappa shape index (κ3) is 2.94. The van der Waals surface area contributed by atoms with Gasteiger partial charge in [-0.05, 0) is 39.7 Å². The summed E-state index contributed by atoms with van der Waals surface area (Å²) in [7, 11) is -2.92. The zero-order valence-electron chi connectivity index (χ0n) is 9.99. The van der Waals surface area contributed by atoms with Gasteiger partial charge in [-0.25, -0.2) is 8.42 Å². The molecule has 0 aliphatic heterocycles. The summed E-state index contributed by atoms with van der Waals surface area (Å²) >= 11 is 0. The maximum atomic E-state index is 12.1. The molecule has 1 aliphatic carbocycles. The molecule has 1 saturated carbocycles. The lowest BCUT2D eigenvalue weighted by atomic mass is 10.2. The summed E-state index contributed by atoms with van der Waals surface area (Å²) in [5.74, 6) is 0. The van der Waals surface area contributed by atoms with E-state index in [9.17, 15) is 8.42 Å². The van der Waals surface area contributed by atoms with Gasteiger partial charge >= 0.3 is 0 Å². The van der Waals surface area contributed by atoms with Gasteiger partial charge in [-0.2, -0.15) is 0 Å². The normalized spacial score (nSPS) is 27.5. The Kier molecular flexibility index (Phi) is 4.59. The SMILES string of the molecule is CCCNC1CCCC1S(=O)(=O)C(C)C. The van der Waals surface area contributed by atoms with Crippen LogP contribution in [0.2, 0.25) is 0 Å². The van der Waals surface area contributed by atoms with E-state index in [1.54, 1.807) is 13.8 Å². The summed E-state index contributed by atoms with van der Waals surface area (Å²) in [5, 5.41) is 2.97. The third-order valence-corrected chi connectivity index (χ3v) is 5.91. The molecule has 0 aromatic carbocycles. The number of hydrogen-bond donors (Lipinski definition) is 1. The van der Waals surface area contributed by atoms with Crippen molar-refractivity contribution in [3.05, 3.63) is 0 Å². The van der Waals surface area contributed by atoms with E-state index < -0.39 is 9.84 Å². The van der Waals surface area contributed by atoms with Crippen molar-refractivity contribution in [3.8, 4) is 0 Å². The van der Waals surface area contributed by atoms with Crippen LogP contribution < -0.4 is 5.32 Å². The van der Waals surface area contributed by atoms with E-state index in [2.05, 4.69) is 12.2 Å². The predicted octanol–water partition coefficient (Wildman–Crippen LogP) is 1.73. The van der Waals surface area contributed by atoms with Gasteiger partial charge in [0, 0.05) is 6.04 Å². The second-order valence-electron chi connectivity index (χ2n) is 4.67. The third-order valence-electron chi connectivity index (χ3n) is 3.19. The highest BCUT2D eigenvalue weighted by Gasteiger charge is 2.38. The second kappa shape index (κ2) is 5.30. The number of nitrogens with one attached hydrogen (secondary N) is 1. The fraction of sp³-hybridized carbons (Fsp3) is 1.00. The number of hydrogen-bond acceptors (Lipinski definition) is 3. The number of sulfone groups is 1. The minimum absolute atomic E-state index is 0.149. The Hall–Kier alpha value is -0.0900. The molecule has 0 aromatic heterocycles. The summed E-state index contributed by atoms with van der Waals surface area (Å²) in [6.07, 6.45) is 3.95. The molecule has 0 bridgehead atoms. The summed E-state index contributed by atoms with van der Waals surface area (Å²) in [5.41, 5.74) is 0. The van der Waals surface area contributed by atoms with E-state index in [4.69, 9.17) is 0 Å². The highest BCUT2D eigenvalue weighted by molar-refractivity contribution is 7.92. The predicted molar refractivity (Wildman–Crippen MR) is 63.8 cm³/mol. The Morgan fingerprint density at radius 1 is 1.33 bits per heavy atom. The monoisotopic (exact) mass is 233 g/mol. The quantitative estimate of drug-likeness (QED) is 0.786. The van der Waals surface area contributed by atoms with Crippen LogP contribution >= 0.6 is 0 Å². The molecule has 0 amide bonds. The van der Waals surface area contributed by atoms with Crippen molar-refractivity contribution in [2.75, 3.05) is 6.54 Å². The first kappa shape index (κ1) is 13.0. The van der Waals surface area contributed by atoms with Gasteiger partial charge in [0.1, 0.15) is 0 Å². The average molecular weight is 233 g/mol. The molecule has 2 unspecified atom stereocenters. The van der Waals surface area contributed by atoms with Crippen LogP contribution in [0.15, 0.2) is 0 Å². The summed E-state index contributed by atoms with van der Waals surface area (Å²) < 4.78 is 24.1. The van der Waals surface area contributed by atoms with Gasteiger partial charge in [0.15, 0.2) is 9.84 Å². The first-order valence-corrected chi connectivity index (χ1v) is 7.57. The fourth-order valence-corrected chi connectivity index (χ4v) is 4.12. The maximum Gasteiger partial charge on any atom is 0.156 e. The zero-order chi connectivity index (χ0) is 11.5. The molecule has 1 aliphatic rings. The van der Waals surface area contributed by atoms with Crippen LogP contribution in [0.1, 0.15) is 46.5 Å². The molecule has 1 N–H and O–H groups in total. The molecule has 0 heterocycles. The lowest BCUT2D eigenvalue weighted by Gasteiger charge is -2.22. The highest BCUT2D eigenvalue weighted by Crippen LogP contribution is 2.28. The molecule has 3 nitrogen and oxygen atoms in total. The van der Waals surface area contributed by atoms with Crippen molar-refractivity contribution in [2.24, 2.45) is 0 Å². The molecular weight excluding hydrogens is 210 g/mol. The Balaban J connectivity index is 2.68. The van der Waals surface area contributed by atoms with Crippen molar-refractivity contribution < 1.29 is 8.42 Å². The smallest absolute Gasteiger partial charge is 0.156 e. The molecule has 0 radical (unpaired) electrons. The van der Waals surface area contributed by atoms with Crippen LogP contribution in [-0.4, -0.2) is 31.5 Å². The van der Waals surface area contributed by atoms with Crippen LogP contribution in [0.5, 0.6) is 0 Å². The molecule has 90 valence electrons. The van der Waals surface area contributed by atoms with Gasteiger partial charge in [-0.3, -0.25) is 0 Å². The summed E-state index contributed by atoms with van der Waals surface area (Å²) in [6.45, 7) is 6.59. The Morgan fingerprint density at radius 3 is 2.53 bits per heavy atom. The lowest BCUT2D eigenvalue weighted by Crippen LogP contribution is -2.43. The van der Waals surface area contributed by atoms with Gasteiger partial charge in [-0.1, -0.05) is 13.3 Å². The largest absolute Gasteiger partial charge is 0.313 e. The Morgan fingerprint density at radius 2 is 2.00 bits per heavy atom. The van der Waals surface area contributed by atoms with Gasteiger partial charge in [-0.15, -0.1) is 0 Å². The molecular formula is C11H23NO2S. The zero-order valence-corrected chi connectivity index (χ0v) is 10.8. The standard InChI is InChI=1S/C11H23NO2S/c1-4-8-12-10-6-5-7-11(10)15(13,14)9(2)3/h9-12H,4-8H2,1-3H3. The summed E-state index contributed by atoms with van der Waals surface area (Å²) in [6, 6.07) is 0.192. The molecule has 1 rings (SSSR count). The molecule has 0 aromatic rings. The number of rotatable bonds is 5. The van der Waals surface area contributed by atoms with Crippen molar-refractivity contribution in [1.82, 2.24) is 5.32 Å². The van der Waals surface area contributed by atoms with Crippen LogP contribution in [0.3, 0.4) is 0 Å². The van der Waals surface area contributed by atoms with E-state index in [0.717, 1.165) is 32.2 Å². The fourth-order valence-electron chi connectivity index (χ4n) is 2.23. The van der Waals surface area contributed by atoms with E-state index in [1.807, 2.05) is 0 Å². The maximum absolute atomic E-state index is 12.1. The van der Waals surface area contributed by atoms with Gasteiger partial charge in [0.2, 0.25) is 0 Å². The van der Waals surface area contributed by atoms with E-state index >= 15 is 0 Å². The molecule has 0 spiro atoms. The van der Waals surface area contributed by atoms with Crippen molar-refractivity contribution in [2.45, 2.75) is 63.0 Å². The van der Waals surface area contributed by atoms with Gasteiger partial charge in [0.25, 0.3) is 0 Å². The van der Waals surface area contributed by atoms with Crippen molar-refractivity contribution in [1.29, 1.82) is 0 Å². The minimum Gasteiger partial charge on any atom is -0.313 e. The first-order valence-electron chi connectivity index (χ1n) is 5.96.